The van der Waals surface area contributed by atoms with Gasteiger partial charge in [-0.3, -0.25) is 0 Å². The molecular formula is C10H9Br3. The summed E-state index contributed by atoms with van der Waals surface area (Å²) in [6.07, 6.45) is 4.23. The monoisotopic (exact) mass is 366 g/mol. The van der Waals surface area contributed by atoms with E-state index in [0.29, 0.717) is 4.83 Å². The van der Waals surface area contributed by atoms with E-state index in [1.54, 1.807) is 0 Å². The second kappa shape index (κ2) is 5.99. The molecule has 0 spiro atoms. The average molecular weight is 369 g/mol. The molecular weight excluding hydrogens is 360 g/mol. The highest BCUT2D eigenvalue weighted by Crippen LogP contribution is 2.13. The van der Waals surface area contributed by atoms with E-state index in [4.69, 9.17) is 0 Å². The zero-order valence-corrected chi connectivity index (χ0v) is 11.6. The fourth-order valence-electron chi connectivity index (χ4n) is 0.841. The molecule has 0 fully saturated rings. The van der Waals surface area contributed by atoms with Crippen molar-refractivity contribution in [3.63, 3.8) is 0 Å². The topological polar surface area (TPSA) is 0 Å². The van der Waals surface area contributed by atoms with Crippen molar-refractivity contribution in [2.75, 3.05) is 5.33 Å². The molecule has 1 aromatic rings. The number of hydrogen-bond donors (Lipinski definition) is 0. The fourth-order valence-corrected chi connectivity index (χ4v) is 1.47. The first-order chi connectivity index (χ1) is 6.22. The van der Waals surface area contributed by atoms with Crippen LogP contribution in [0.4, 0.5) is 0 Å². The number of allylic oxidation sites excluding steroid dienone is 1. The summed E-state index contributed by atoms with van der Waals surface area (Å²) in [5, 5.41) is 0.931. The van der Waals surface area contributed by atoms with Crippen LogP contribution in [0.25, 0.3) is 6.08 Å². The summed E-state index contributed by atoms with van der Waals surface area (Å²) >= 11 is 10.3. The fraction of sp³-hybridized carbons (Fsp3) is 0.200. The van der Waals surface area contributed by atoms with Crippen molar-refractivity contribution in [2.45, 2.75) is 4.83 Å². The van der Waals surface area contributed by atoms with Crippen LogP contribution >= 0.6 is 47.8 Å². The lowest BCUT2D eigenvalue weighted by molar-refractivity contribution is 1.32. The normalized spacial score (nSPS) is 13.5. The molecule has 0 bridgehead atoms. The molecule has 0 saturated carbocycles. The Hall–Kier alpha value is 0.400. The van der Waals surface area contributed by atoms with Crippen LogP contribution in [0.3, 0.4) is 0 Å². The number of hydrogen-bond acceptors (Lipinski definition) is 0. The van der Waals surface area contributed by atoms with Crippen molar-refractivity contribution in [2.24, 2.45) is 0 Å². The molecule has 0 nitrogen and oxygen atoms in total. The minimum Gasteiger partial charge on any atom is -0.0913 e. The number of rotatable bonds is 3. The lowest BCUT2D eigenvalue weighted by Gasteiger charge is -1.97. The van der Waals surface area contributed by atoms with Crippen molar-refractivity contribution >= 4 is 53.9 Å². The van der Waals surface area contributed by atoms with Crippen molar-refractivity contribution in [3.05, 3.63) is 40.4 Å². The van der Waals surface area contributed by atoms with E-state index >= 15 is 0 Å². The average Bonchev–Trinajstić information content (AvgIpc) is 2.16. The zero-order valence-electron chi connectivity index (χ0n) is 6.88. The van der Waals surface area contributed by atoms with E-state index < -0.39 is 0 Å². The van der Waals surface area contributed by atoms with Gasteiger partial charge in [-0.1, -0.05) is 72.1 Å². The van der Waals surface area contributed by atoms with Crippen molar-refractivity contribution in [3.8, 4) is 0 Å². The van der Waals surface area contributed by atoms with Gasteiger partial charge >= 0.3 is 0 Å². The van der Waals surface area contributed by atoms with Crippen LogP contribution in [0.1, 0.15) is 5.56 Å². The van der Waals surface area contributed by atoms with E-state index in [9.17, 15) is 0 Å². The first kappa shape index (κ1) is 11.5. The highest BCUT2D eigenvalue weighted by atomic mass is 79.9. The summed E-state index contributed by atoms with van der Waals surface area (Å²) in [7, 11) is 0. The maximum atomic E-state index is 3.51. The largest absolute Gasteiger partial charge is 0.0913 e. The van der Waals surface area contributed by atoms with Gasteiger partial charge in [-0.25, -0.2) is 0 Å². The molecule has 3 heteroatoms. The molecule has 1 atom stereocenters. The highest BCUT2D eigenvalue weighted by molar-refractivity contribution is 9.12. The Morgan fingerprint density at radius 2 is 1.85 bits per heavy atom. The van der Waals surface area contributed by atoms with Crippen LogP contribution in [0, 0.1) is 0 Å². The van der Waals surface area contributed by atoms with E-state index in [1.165, 1.54) is 5.56 Å². The van der Waals surface area contributed by atoms with Gasteiger partial charge < -0.3 is 0 Å². The van der Waals surface area contributed by atoms with Gasteiger partial charge in [0, 0.05) is 14.6 Å². The quantitative estimate of drug-likeness (QED) is 0.683. The maximum absolute atomic E-state index is 3.51. The van der Waals surface area contributed by atoms with Crippen molar-refractivity contribution in [1.29, 1.82) is 0 Å². The molecule has 1 aromatic carbocycles. The maximum Gasteiger partial charge on any atom is 0.0425 e. The summed E-state index contributed by atoms with van der Waals surface area (Å²) in [5.41, 5.74) is 1.22. The molecule has 0 heterocycles. The van der Waals surface area contributed by atoms with Gasteiger partial charge in [0.25, 0.3) is 0 Å². The lowest BCUT2D eigenvalue weighted by atomic mass is 10.2. The summed E-state index contributed by atoms with van der Waals surface area (Å²) < 4.78 is 1.11. The first-order valence-electron chi connectivity index (χ1n) is 3.86. The van der Waals surface area contributed by atoms with E-state index in [2.05, 4.69) is 72.1 Å². The van der Waals surface area contributed by atoms with Gasteiger partial charge in [0.2, 0.25) is 0 Å². The second-order valence-corrected chi connectivity index (χ2v) is 5.32. The molecule has 0 aliphatic carbocycles. The smallest absolute Gasteiger partial charge is 0.0425 e. The third-order valence-corrected chi connectivity index (χ3v) is 4.24. The van der Waals surface area contributed by atoms with Gasteiger partial charge in [0.15, 0.2) is 0 Å². The van der Waals surface area contributed by atoms with Crippen LogP contribution in [0.5, 0.6) is 0 Å². The SMILES string of the molecule is BrCC(Br)C=Cc1ccc(Br)cc1. The lowest BCUT2D eigenvalue weighted by Crippen LogP contribution is -1.91. The van der Waals surface area contributed by atoms with Crippen LogP contribution in [-0.4, -0.2) is 10.2 Å². The number of alkyl halides is 2. The standard InChI is InChI=1S/C10H9Br3/c11-7-10(13)6-3-8-1-4-9(12)5-2-8/h1-6,10H,7H2. The van der Waals surface area contributed by atoms with Crippen molar-refractivity contribution < 1.29 is 0 Å². The first-order valence-corrected chi connectivity index (χ1v) is 6.69. The van der Waals surface area contributed by atoms with Crippen LogP contribution < -0.4 is 0 Å². The minimum atomic E-state index is 0.399. The Bertz CT molecular complexity index is 277. The second-order valence-electron chi connectivity index (χ2n) is 2.58. The van der Waals surface area contributed by atoms with Crippen molar-refractivity contribution in [1.82, 2.24) is 0 Å². The molecule has 0 aliphatic rings. The Morgan fingerprint density at radius 3 is 2.38 bits per heavy atom. The molecule has 1 rings (SSSR count). The molecule has 0 amide bonds. The Labute approximate surface area is 104 Å². The predicted molar refractivity (Wildman–Crippen MR) is 69.7 cm³/mol. The Balaban J connectivity index is 2.64. The Kier molecular flexibility index (Phi) is 5.29. The van der Waals surface area contributed by atoms with Crippen LogP contribution in [0.2, 0.25) is 0 Å². The minimum absolute atomic E-state index is 0.399. The molecule has 70 valence electrons. The van der Waals surface area contributed by atoms with Crippen LogP contribution in [0.15, 0.2) is 34.8 Å². The van der Waals surface area contributed by atoms with Gasteiger partial charge in [-0.15, -0.1) is 0 Å². The third kappa shape index (κ3) is 4.43. The summed E-state index contributed by atoms with van der Waals surface area (Å²) in [6, 6.07) is 8.23. The summed E-state index contributed by atoms with van der Waals surface area (Å²) in [5.74, 6) is 0. The van der Waals surface area contributed by atoms with Gasteiger partial charge in [0.1, 0.15) is 0 Å². The zero-order chi connectivity index (χ0) is 9.68. The van der Waals surface area contributed by atoms with Gasteiger partial charge in [-0.2, -0.15) is 0 Å². The van der Waals surface area contributed by atoms with E-state index in [0.717, 1.165) is 9.80 Å². The predicted octanol–water partition coefficient (Wildman–Crippen LogP) is 4.62. The Morgan fingerprint density at radius 1 is 1.23 bits per heavy atom. The third-order valence-electron chi connectivity index (χ3n) is 1.51. The van der Waals surface area contributed by atoms with Gasteiger partial charge in [-0.05, 0) is 17.7 Å². The molecule has 0 saturated heterocycles. The highest BCUT2D eigenvalue weighted by Gasteiger charge is 1.94. The number of halogens is 3. The molecule has 0 aromatic heterocycles. The summed E-state index contributed by atoms with van der Waals surface area (Å²) in [4.78, 5) is 0.399. The molecule has 0 N–H and O–H groups in total. The molecule has 0 aliphatic heterocycles. The molecule has 0 radical (unpaired) electrons. The van der Waals surface area contributed by atoms with Gasteiger partial charge in [0.05, 0.1) is 0 Å². The number of benzene rings is 1. The van der Waals surface area contributed by atoms with Crippen LogP contribution in [-0.2, 0) is 0 Å². The molecule has 1 unspecified atom stereocenters. The van der Waals surface area contributed by atoms with E-state index in [1.807, 2.05) is 12.1 Å². The molecule has 13 heavy (non-hydrogen) atoms. The summed E-state index contributed by atoms with van der Waals surface area (Å²) in [6.45, 7) is 0. The van der Waals surface area contributed by atoms with E-state index in [-0.39, 0.29) is 0 Å².